The molecule has 4 rings (SSSR count). The maximum absolute atomic E-state index is 11.3. The number of hydrogen-bond acceptors (Lipinski definition) is 1. The van der Waals surface area contributed by atoms with Gasteiger partial charge in [-0.3, -0.25) is 0 Å². The summed E-state index contributed by atoms with van der Waals surface area (Å²) in [5.74, 6) is 0.359. The van der Waals surface area contributed by atoms with Crippen LogP contribution in [0.25, 0.3) is 12.2 Å². The van der Waals surface area contributed by atoms with E-state index in [9.17, 15) is 5.11 Å². The monoisotopic (exact) mass is 554 g/mol. The number of benzene rings is 4. The van der Waals surface area contributed by atoms with Gasteiger partial charge in [0.1, 0.15) is 5.75 Å². The lowest BCUT2D eigenvalue weighted by Gasteiger charge is -2.27. The normalized spacial score (nSPS) is 12.4. The van der Waals surface area contributed by atoms with Gasteiger partial charge in [0.05, 0.1) is 0 Å². The van der Waals surface area contributed by atoms with Crippen LogP contribution in [0.4, 0.5) is 0 Å². The second-order valence-electron chi connectivity index (χ2n) is 12.3. The van der Waals surface area contributed by atoms with E-state index in [0.717, 1.165) is 34.0 Å². The van der Waals surface area contributed by atoms with Crippen LogP contribution in [0.1, 0.15) is 74.9 Å². The first-order valence-corrected chi connectivity index (χ1v) is 15.7. The highest BCUT2D eigenvalue weighted by Crippen LogP contribution is 2.44. The Morgan fingerprint density at radius 2 is 1.21 bits per heavy atom. The van der Waals surface area contributed by atoms with Crippen molar-refractivity contribution in [3.63, 3.8) is 0 Å². The van der Waals surface area contributed by atoms with Crippen LogP contribution in [0.15, 0.2) is 91.0 Å². The number of phenolic OH excluding ortho intramolecular Hbond substituents is 1. The molecule has 0 fully saturated rings. The Morgan fingerprint density at radius 3 is 1.72 bits per heavy atom. The van der Waals surface area contributed by atoms with E-state index < -0.39 is 7.92 Å². The zero-order valence-corrected chi connectivity index (χ0v) is 25.7. The molecule has 0 bridgehead atoms. The average molecular weight is 555 g/mol. The molecule has 0 radical (unpaired) electrons. The predicted octanol–water partition coefficient (Wildman–Crippen LogP) is 10.3. The largest absolute Gasteiger partial charge is 0.507 e. The first-order chi connectivity index (χ1) is 18.4. The highest BCUT2D eigenvalue weighted by molar-refractivity contribution is 7.64. The molecule has 0 aliphatic rings. The van der Waals surface area contributed by atoms with Crippen LogP contribution < -0.4 is 5.30 Å². The van der Waals surface area contributed by atoms with E-state index in [1.54, 1.807) is 0 Å². The van der Waals surface area contributed by atoms with E-state index in [0.29, 0.717) is 5.75 Å². The molecule has 0 atom stereocenters. The maximum Gasteiger partial charge on any atom is 0.126 e. The van der Waals surface area contributed by atoms with Crippen molar-refractivity contribution in [1.29, 1.82) is 0 Å². The van der Waals surface area contributed by atoms with Crippen molar-refractivity contribution in [3.8, 4) is 5.75 Å². The summed E-state index contributed by atoms with van der Waals surface area (Å²) in [6.45, 7) is 13.1. The second kappa shape index (κ2) is 12.1. The smallest absolute Gasteiger partial charge is 0.126 e. The predicted molar refractivity (Wildman–Crippen MR) is 173 cm³/mol. The molecule has 0 amide bonds. The first-order valence-electron chi connectivity index (χ1n) is 13.6. The molecule has 3 heteroatoms. The lowest BCUT2D eigenvalue weighted by molar-refractivity contribution is 0.443. The Bertz CT molecular complexity index is 1390. The topological polar surface area (TPSA) is 20.2 Å². The minimum absolute atomic E-state index is 0.0264. The van der Waals surface area contributed by atoms with Crippen LogP contribution in [0, 0.1) is 0 Å². The summed E-state index contributed by atoms with van der Waals surface area (Å²) in [6.07, 6.45) is 6.19. The fourth-order valence-electron chi connectivity index (χ4n) is 4.73. The molecule has 0 saturated carbocycles. The van der Waals surface area contributed by atoms with Gasteiger partial charge in [0.2, 0.25) is 0 Å². The van der Waals surface area contributed by atoms with Gasteiger partial charge in [0.15, 0.2) is 0 Å². The van der Waals surface area contributed by atoms with Crippen LogP contribution in [-0.2, 0) is 23.2 Å². The van der Waals surface area contributed by atoms with E-state index in [1.165, 1.54) is 22.0 Å². The molecule has 0 aromatic heterocycles. The molecule has 0 heterocycles. The Labute approximate surface area is 241 Å². The molecule has 0 aliphatic carbocycles. The molecule has 0 aliphatic heterocycles. The van der Waals surface area contributed by atoms with Crippen LogP contribution in [0.2, 0.25) is 5.02 Å². The molecule has 4 aromatic carbocycles. The fourth-order valence-corrected chi connectivity index (χ4v) is 7.57. The molecule has 1 nitrogen and oxygen atoms in total. The molecule has 1 N–H and O–H groups in total. The number of halogens is 1. The van der Waals surface area contributed by atoms with Gasteiger partial charge in [-0.15, -0.1) is 0 Å². The van der Waals surface area contributed by atoms with Gasteiger partial charge < -0.3 is 5.11 Å². The third kappa shape index (κ3) is 7.63. The van der Waals surface area contributed by atoms with Crippen molar-refractivity contribution in [1.82, 2.24) is 0 Å². The molecule has 39 heavy (non-hydrogen) atoms. The lowest BCUT2D eigenvalue weighted by Crippen LogP contribution is -2.17. The van der Waals surface area contributed by atoms with Gasteiger partial charge in [-0.05, 0) is 68.9 Å². The summed E-state index contributed by atoms with van der Waals surface area (Å²) >= 11 is 6.60. The highest BCUT2D eigenvalue weighted by atomic mass is 35.5. The lowest BCUT2D eigenvalue weighted by atomic mass is 9.79. The highest BCUT2D eigenvalue weighted by Gasteiger charge is 2.24. The van der Waals surface area contributed by atoms with Crippen molar-refractivity contribution in [3.05, 3.63) is 129 Å². The summed E-state index contributed by atoms with van der Waals surface area (Å²) in [6, 6.07) is 32.0. The van der Waals surface area contributed by atoms with Crippen molar-refractivity contribution in [2.75, 3.05) is 0 Å². The van der Waals surface area contributed by atoms with Gasteiger partial charge >= 0.3 is 0 Å². The average Bonchev–Trinajstić information content (AvgIpc) is 2.88. The van der Waals surface area contributed by atoms with Gasteiger partial charge in [-0.1, -0.05) is 146 Å². The summed E-state index contributed by atoms with van der Waals surface area (Å²) in [4.78, 5) is 0. The zero-order valence-electron chi connectivity index (χ0n) is 24.0. The minimum Gasteiger partial charge on any atom is -0.507 e. The number of hydrogen-bond donors (Lipinski definition) is 1. The van der Waals surface area contributed by atoms with Crippen LogP contribution in [0.3, 0.4) is 0 Å². The molecular formula is C36H40ClOP. The standard InChI is InChI=1S/C36H40ClOP/c1-35(2,3)30-21-29(34(38)32(22-30)36(4,5)6)18-17-28-19-20-31(37)23-33(28)39(24-26-13-9-7-10-14-26)25-27-15-11-8-12-16-27/h7-23,38H,24-25H2,1-6H3. The Morgan fingerprint density at radius 1 is 0.667 bits per heavy atom. The SMILES string of the molecule is CC(C)(C)c1cc(C=Cc2ccc(Cl)cc2P(Cc2ccccc2)Cc2ccccc2)c(O)c(C(C)(C)C)c1. The quantitative estimate of drug-likeness (QED) is 0.178. The fraction of sp³-hybridized carbons (Fsp3) is 0.278. The van der Waals surface area contributed by atoms with Crippen molar-refractivity contribution in [2.24, 2.45) is 0 Å². The van der Waals surface area contributed by atoms with E-state index in [1.807, 2.05) is 6.07 Å². The first kappa shape index (κ1) is 29.1. The van der Waals surface area contributed by atoms with Crippen molar-refractivity contribution in [2.45, 2.75) is 64.7 Å². The van der Waals surface area contributed by atoms with E-state index in [4.69, 9.17) is 11.6 Å². The number of aromatic hydroxyl groups is 1. The summed E-state index contributed by atoms with van der Waals surface area (Å²) < 4.78 is 0. The molecule has 0 spiro atoms. The Hall–Kier alpha value is -2.86. The van der Waals surface area contributed by atoms with Crippen LogP contribution in [-0.4, -0.2) is 5.11 Å². The number of rotatable bonds is 7. The van der Waals surface area contributed by atoms with E-state index >= 15 is 0 Å². The van der Waals surface area contributed by atoms with Crippen molar-refractivity contribution < 1.29 is 5.11 Å². The summed E-state index contributed by atoms with van der Waals surface area (Å²) in [7, 11) is -0.581. The maximum atomic E-state index is 11.3. The second-order valence-corrected chi connectivity index (χ2v) is 15.0. The summed E-state index contributed by atoms with van der Waals surface area (Å²) in [5.41, 5.74) is 6.66. The molecule has 4 aromatic rings. The van der Waals surface area contributed by atoms with Gasteiger partial charge in [0.25, 0.3) is 0 Å². The Balaban J connectivity index is 1.80. The van der Waals surface area contributed by atoms with Crippen molar-refractivity contribution >= 4 is 37.0 Å². The number of phenols is 1. The summed E-state index contributed by atoms with van der Waals surface area (Å²) in [5, 5.41) is 13.4. The van der Waals surface area contributed by atoms with Crippen LogP contribution >= 0.6 is 19.5 Å². The molecular weight excluding hydrogens is 515 g/mol. The van der Waals surface area contributed by atoms with E-state index in [-0.39, 0.29) is 10.8 Å². The van der Waals surface area contributed by atoms with Crippen LogP contribution in [0.5, 0.6) is 5.75 Å². The Kier molecular flexibility index (Phi) is 9.05. The van der Waals surface area contributed by atoms with Gasteiger partial charge in [-0.25, -0.2) is 0 Å². The minimum atomic E-state index is -0.581. The molecule has 202 valence electrons. The third-order valence-corrected chi connectivity index (χ3v) is 9.82. The van der Waals surface area contributed by atoms with Gasteiger partial charge in [-0.2, -0.15) is 0 Å². The third-order valence-electron chi connectivity index (χ3n) is 7.02. The molecule has 0 saturated heterocycles. The van der Waals surface area contributed by atoms with Gasteiger partial charge in [0, 0.05) is 16.1 Å². The zero-order chi connectivity index (χ0) is 28.2. The molecule has 0 unspecified atom stereocenters. The van der Waals surface area contributed by atoms with E-state index in [2.05, 4.69) is 139 Å².